The van der Waals surface area contributed by atoms with E-state index in [0.29, 0.717) is 18.7 Å². The molecule has 0 aliphatic carbocycles. The van der Waals surface area contributed by atoms with Crippen LogP contribution < -0.4 is 4.74 Å². The van der Waals surface area contributed by atoms with Crippen LogP contribution in [0.15, 0.2) is 91.0 Å². The number of esters is 1. The Hall–Kier alpha value is -3.66. The van der Waals surface area contributed by atoms with E-state index in [4.69, 9.17) is 9.84 Å². The second-order valence-electron chi connectivity index (χ2n) is 6.94. The van der Waals surface area contributed by atoms with E-state index in [1.54, 1.807) is 4.68 Å². The maximum Gasteiger partial charge on any atom is 0.312 e. The van der Waals surface area contributed by atoms with Crippen LogP contribution in [0.25, 0.3) is 16.9 Å². The van der Waals surface area contributed by atoms with Gasteiger partial charge in [0, 0.05) is 11.6 Å². The fourth-order valence-electron chi connectivity index (χ4n) is 3.12. The first-order chi connectivity index (χ1) is 14.2. The third-order valence-electron chi connectivity index (χ3n) is 4.70. The Balaban J connectivity index is 1.59. The van der Waals surface area contributed by atoms with Crippen molar-refractivity contribution in [2.24, 2.45) is 0 Å². The second-order valence-corrected chi connectivity index (χ2v) is 6.94. The first kappa shape index (κ1) is 18.7. The number of carbonyl (C=O) groups is 1. The molecule has 1 aromatic heterocycles. The van der Waals surface area contributed by atoms with Crippen LogP contribution in [0.4, 0.5) is 0 Å². The maximum atomic E-state index is 12.5. The minimum atomic E-state index is -0.276. The number of hydrogen-bond donors (Lipinski definition) is 0. The van der Waals surface area contributed by atoms with Crippen molar-refractivity contribution in [3.8, 4) is 22.8 Å². The van der Waals surface area contributed by atoms with Gasteiger partial charge in [-0.1, -0.05) is 78.4 Å². The number of hydrogen-bond acceptors (Lipinski definition) is 3. The summed E-state index contributed by atoms with van der Waals surface area (Å²) in [5, 5.41) is 4.69. The third kappa shape index (κ3) is 4.61. The molecule has 0 aliphatic heterocycles. The Morgan fingerprint density at radius 2 is 1.55 bits per heavy atom. The minimum absolute atomic E-state index is 0.276. The highest BCUT2D eigenvalue weighted by Crippen LogP contribution is 2.27. The molecule has 1 heterocycles. The van der Waals surface area contributed by atoms with Crippen molar-refractivity contribution in [1.29, 1.82) is 0 Å². The molecule has 0 saturated carbocycles. The summed E-state index contributed by atoms with van der Waals surface area (Å²) in [5.41, 5.74) is 4.85. The summed E-state index contributed by atoms with van der Waals surface area (Å²) in [7, 11) is 0. The molecular weight excluding hydrogens is 360 g/mol. The average Bonchev–Trinajstić information content (AvgIpc) is 3.18. The highest BCUT2D eigenvalue weighted by Gasteiger charge is 2.16. The zero-order valence-corrected chi connectivity index (χ0v) is 16.3. The molecule has 0 saturated heterocycles. The van der Waals surface area contributed by atoms with Gasteiger partial charge in [-0.25, -0.2) is 4.68 Å². The molecule has 29 heavy (non-hydrogen) atoms. The third-order valence-corrected chi connectivity index (χ3v) is 4.70. The standard InChI is InChI=1S/C25H22N2O2/c1-19-12-15-22(16-13-19)27-24(18-23(26-27)21-10-6-3-7-11-21)29-25(28)17-14-20-8-4-2-5-9-20/h2-13,15-16,18H,14,17H2,1H3. The molecule has 0 unspecified atom stereocenters. The van der Waals surface area contributed by atoms with Crippen LogP contribution in [0.2, 0.25) is 0 Å². The van der Waals surface area contributed by atoms with Crippen LogP contribution in [0.3, 0.4) is 0 Å². The summed E-state index contributed by atoms with van der Waals surface area (Å²) >= 11 is 0. The molecule has 0 fully saturated rings. The summed E-state index contributed by atoms with van der Waals surface area (Å²) in [6.45, 7) is 2.03. The Morgan fingerprint density at radius 3 is 2.24 bits per heavy atom. The molecule has 3 aromatic carbocycles. The maximum absolute atomic E-state index is 12.5. The molecule has 4 aromatic rings. The Morgan fingerprint density at radius 1 is 0.897 bits per heavy atom. The summed E-state index contributed by atoms with van der Waals surface area (Å²) in [5.74, 6) is 0.146. The molecule has 0 radical (unpaired) electrons. The first-order valence-corrected chi connectivity index (χ1v) is 9.66. The summed E-state index contributed by atoms with van der Waals surface area (Å²) in [6, 6.07) is 29.6. The molecule has 4 nitrogen and oxygen atoms in total. The average molecular weight is 382 g/mol. The van der Waals surface area contributed by atoms with Gasteiger partial charge < -0.3 is 4.74 Å². The van der Waals surface area contributed by atoms with Crippen molar-refractivity contribution in [3.05, 3.63) is 102 Å². The predicted octanol–water partition coefficient (Wildman–Crippen LogP) is 5.39. The molecule has 0 aliphatic rings. The predicted molar refractivity (Wildman–Crippen MR) is 114 cm³/mol. The van der Waals surface area contributed by atoms with Crippen molar-refractivity contribution in [2.75, 3.05) is 0 Å². The van der Waals surface area contributed by atoms with E-state index in [9.17, 15) is 4.79 Å². The van der Waals surface area contributed by atoms with Crippen molar-refractivity contribution in [2.45, 2.75) is 19.8 Å². The highest BCUT2D eigenvalue weighted by atomic mass is 16.5. The van der Waals surface area contributed by atoms with E-state index >= 15 is 0 Å². The number of ether oxygens (including phenoxy) is 1. The zero-order chi connectivity index (χ0) is 20.1. The van der Waals surface area contributed by atoms with Crippen LogP contribution in [-0.2, 0) is 11.2 Å². The Kier molecular flexibility index (Phi) is 5.52. The quantitative estimate of drug-likeness (QED) is 0.420. The fourth-order valence-corrected chi connectivity index (χ4v) is 3.12. The number of carbonyl (C=O) groups excluding carboxylic acids is 1. The zero-order valence-electron chi connectivity index (χ0n) is 16.3. The van der Waals surface area contributed by atoms with Gasteiger partial charge in [0.25, 0.3) is 0 Å². The lowest BCUT2D eigenvalue weighted by Gasteiger charge is -2.08. The van der Waals surface area contributed by atoms with Crippen molar-refractivity contribution in [1.82, 2.24) is 9.78 Å². The van der Waals surface area contributed by atoms with Gasteiger partial charge in [0.15, 0.2) is 0 Å². The summed E-state index contributed by atoms with van der Waals surface area (Å²) in [4.78, 5) is 12.5. The molecule has 144 valence electrons. The number of aryl methyl sites for hydroxylation is 2. The molecule has 4 heteroatoms. The van der Waals surface area contributed by atoms with E-state index in [2.05, 4.69) is 0 Å². The van der Waals surface area contributed by atoms with Crippen LogP contribution in [0.1, 0.15) is 17.5 Å². The smallest absolute Gasteiger partial charge is 0.312 e. The van der Waals surface area contributed by atoms with Crippen molar-refractivity contribution in [3.63, 3.8) is 0 Å². The molecule has 0 bridgehead atoms. The van der Waals surface area contributed by atoms with Crippen LogP contribution in [0, 0.1) is 6.92 Å². The lowest BCUT2D eigenvalue weighted by atomic mass is 10.1. The number of rotatable bonds is 6. The van der Waals surface area contributed by atoms with Gasteiger partial charge in [-0.05, 0) is 31.0 Å². The molecular formula is C25H22N2O2. The Bertz CT molecular complexity index is 1080. The lowest BCUT2D eigenvalue weighted by Crippen LogP contribution is -2.12. The van der Waals surface area contributed by atoms with Crippen molar-refractivity contribution >= 4 is 5.97 Å². The molecule has 0 spiro atoms. The van der Waals surface area contributed by atoms with Gasteiger partial charge in [-0.15, -0.1) is 0 Å². The van der Waals surface area contributed by atoms with Gasteiger partial charge in [-0.3, -0.25) is 4.79 Å². The van der Waals surface area contributed by atoms with E-state index < -0.39 is 0 Å². The molecule has 0 amide bonds. The van der Waals surface area contributed by atoms with Gasteiger partial charge in [0.2, 0.25) is 5.88 Å². The van der Waals surface area contributed by atoms with E-state index in [-0.39, 0.29) is 5.97 Å². The van der Waals surface area contributed by atoms with E-state index in [0.717, 1.165) is 28.1 Å². The molecule has 0 atom stereocenters. The summed E-state index contributed by atoms with van der Waals surface area (Å²) in [6.07, 6.45) is 0.952. The number of nitrogens with zero attached hydrogens (tertiary/aromatic N) is 2. The van der Waals surface area contributed by atoms with Gasteiger partial charge in [-0.2, -0.15) is 5.10 Å². The van der Waals surface area contributed by atoms with E-state index in [1.807, 2.05) is 97.9 Å². The monoisotopic (exact) mass is 382 g/mol. The van der Waals surface area contributed by atoms with Gasteiger partial charge in [0.05, 0.1) is 17.8 Å². The van der Waals surface area contributed by atoms with Gasteiger partial charge >= 0.3 is 5.97 Å². The Labute approximate surface area is 170 Å². The SMILES string of the molecule is Cc1ccc(-n2nc(-c3ccccc3)cc2OC(=O)CCc2ccccc2)cc1. The normalized spacial score (nSPS) is 10.7. The fraction of sp³-hybridized carbons (Fsp3) is 0.120. The number of aromatic nitrogens is 2. The first-order valence-electron chi connectivity index (χ1n) is 9.66. The van der Waals surface area contributed by atoms with Crippen LogP contribution >= 0.6 is 0 Å². The number of benzene rings is 3. The van der Waals surface area contributed by atoms with E-state index in [1.165, 1.54) is 0 Å². The highest BCUT2D eigenvalue weighted by molar-refractivity contribution is 5.73. The minimum Gasteiger partial charge on any atom is -0.407 e. The largest absolute Gasteiger partial charge is 0.407 e. The van der Waals surface area contributed by atoms with Crippen molar-refractivity contribution < 1.29 is 9.53 Å². The topological polar surface area (TPSA) is 44.1 Å². The molecule has 4 rings (SSSR count). The molecule has 0 N–H and O–H groups in total. The lowest BCUT2D eigenvalue weighted by molar-refractivity contribution is -0.134. The summed E-state index contributed by atoms with van der Waals surface area (Å²) < 4.78 is 7.40. The van der Waals surface area contributed by atoms with Gasteiger partial charge in [0.1, 0.15) is 0 Å². The second kappa shape index (κ2) is 8.57. The van der Waals surface area contributed by atoms with Crippen LogP contribution in [-0.4, -0.2) is 15.7 Å². The van der Waals surface area contributed by atoms with Crippen LogP contribution in [0.5, 0.6) is 5.88 Å².